The Morgan fingerprint density at radius 3 is 2.86 bits per heavy atom. The summed E-state index contributed by atoms with van der Waals surface area (Å²) < 4.78 is 10.3. The van der Waals surface area contributed by atoms with E-state index in [1.54, 1.807) is 7.11 Å². The Bertz CT molecular complexity index is 821. The normalized spacial score (nSPS) is 32.0. The van der Waals surface area contributed by atoms with Crippen LogP contribution in [-0.2, 0) is 24.5 Å². The van der Waals surface area contributed by atoms with Crippen LogP contribution in [0.3, 0.4) is 0 Å². The largest absolute Gasteiger partial charge is 0.504 e. The van der Waals surface area contributed by atoms with Crippen molar-refractivity contribution in [3.8, 4) is 0 Å². The second-order valence-electron chi connectivity index (χ2n) is 8.04. The molecule has 6 heteroatoms. The Kier molecular flexibility index (Phi) is 4.91. The first-order valence-corrected chi connectivity index (χ1v) is 10.0. The van der Waals surface area contributed by atoms with Gasteiger partial charge >= 0.3 is 5.97 Å². The number of nitrogens with one attached hydrogen (secondary N) is 1. The van der Waals surface area contributed by atoms with E-state index in [-0.39, 0.29) is 23.8 Å². The van der Waals surface area contributed by atoms with Crippen molar-refractivity contribution in [2.24, 2.45) is 11.8 Å². The van der Waals surface area contributed by atoms with Crippen molar-refractivity contribution < 1.29 is 19.1 Å². The van der Waals surface area contributed by atoms with Crippen LogP contribution in [0.5, 0.6) is 0 Å². The molecule has 6 nitrogen and oxygen atoms in total. The van der Waals surface area contributed by atoms with Gasteiger partial charge in [-0.25, -0.2) is 4.79 Å². The van der Waals surface area contributed by atoms with Gasteiger partial charge in [-0.15, -0.1) is 0 Å². The number of carbonyl (C=O) groups is 2. The first-order chi connectivity index (χ1) is 13.6. The second kappa shape index (κ2) is 7.24. The lowest BCUT2D eigenvalue weighted by Gasteiger charge is -2.45. The van der Waals surface area contributed by atoms with E-state index < -0.39 is 5.41 Å². The number of esters is 1. The fraction of sp³-hybridized carbons (Fsp3) is 0.545. The maximum atomic E-state index is 13.2. The summed E-state index contributed by atoms with van der Waals surface area (Å²) in [5.74, 6) is 0.0769. The number of benzene rings is 1. The maximum Gasteiger partial charge on any atom is 0.337 e. The molecule has 1 aromatic carbocycles. The zero-order chi connectivity index (χ0) is 19.9. The topological polar surface area (TPSA) is 67.9 Å². The molecular formula is C22H28N2O4. The van der Waals surface area contributed by atoms with Crippen LogP contribution in [0, 0.1) is 11.8 Å². The molecule has 28 heavy (non-hydrogen) atoms. The molecule has 2 saturated heterocycles. The van der Waals surface area contributed by atoms with Crippen LogP contribution in [0.4, 0.5) is 5.69 Å². The van der Waals surface area contributed by atoms with Gasteiger partial charge in [-0.1, -0.05) is 31.5 Å². The SMILES string of the molecule is CCC1CN2CC[C@]3(C(=O)Nc4ccccc43)[C@@H]2CC1/C(=C\OC)C(=O)OC. The first kappa shape index (κ1) is 19.0. The Morgan fingerprint density at radius 2 is 2.14 bits per heavy atom. The van der Waals surface area contributed by atoms with Crippen LogP contribution in [0.1, 0.15) is 31.7 Å². The van der Waals surface area contributed by atoms with E-state index in [0.29, 0.717) is 11.5 Å². The molecule has 0 radical (unpaired) electrons. The second-order valence-corrected chi connectivity index (χ2v) is 8.04. The molecule has 3 aliphatic heterocycles. The van der Waals surface area contributed by atoms with Crippen molar-refractivity contribution >= 4 is 17.6 Å². The van der Waals surface area contributed by atoms with Gasteiger partial charge < -0.3 is 14.8 Å². The number of piperidine rings is 1. The summed E-state index contributed by atoms with van der Waals surface area (Å²) in [7, 11) is 2.95. The summed E-state index contributed by atoms with van der Waals surface area (Å²) >= 11 is 0. The molecule has 0 aromatic heterocycles. The van der Waals surface area contributed by atoms with Gasteiger partial charge in [0.2, 0.25) is 5.91 Å². The van der Waals surface area contributed by atoms with E-state index in [1.165, 1.54) is 13.4 Å². The van der Waals surface area contributed by atoms with Crippen molar-refractivity contribution in [3.05, 3.63) is 41.7 Å². The number of nitrogens with zero attached hydrogens (tertiary/aromatic N) is 1. The van der Waals surface area contributed by atoms with Crippen LogP contribution in [0.15, 0.2) is 36.1 Å². The lowest BCUT2D eigenvalue weighted by atomic mass is 9.67. The minimum atomic E-state index is -0.540. The lowest BCUT2D eigenvalue weighted by molar-refractivity contribution is -0.137. The van der Waals surface area contributed by atoms with Gasteiger partial charge in [-0.3, -0.25) is 9.69 Å². The van der Waals surface area contributed by atoms with Crippen molar-refractivity contribution in [3.63, 3.8) is 0 Å². The number of fused-ring (bicyclic) bond motifs is 4. The average molecular weight is 384 g/mol. The van der Waals surface area contributed by atoms with Gasteiger partial charge in [0.05, 0.1) is 31.5 Å². The minimum Gasteiger partial charge on any atom is -0.504 e. The summed E-state index contributed by atoms with van der Waals surface area (Å²) in [5, 5.41) is 3.10. The summed E-state index contributed by atoms with van der Waals surface area (Å²) in [6.07, 6.45) is 4.04. The third-order valence-electron chi connectivity index (χ3n) is 6.97. The highest BCUT2D eigenvalue weighted by atomic mass is 16.5. The summed E-state index contributed by atoms with van der Waals surface area (Å²) in [5.41, 5.74) is 2.05. The highest BCUT2D eigenvalue weighted by Crippen LogP contribution is 2.53. The molecule has 3 heterocycles. The van der Waals surface area contributed by atoms with E-state index in [0.717, 1.165) is 43.6 Å². The predicted octanol–water partition coefficient (Wildman–Crippen LogP) is 2.70. The van der Waals surface area contributed by atoms with Crippen molar-refractivity contribution in [1.29, 1.82) is 0 Å². The molecule has 4 atom stereocenters. The molecule has 150 valence electrons. The van der Waals surface area contributed by atoms with Gasteiger partial charge in [0.25, 0.3) is 0 Å². The number of para-hydroxylation sites is 1. The van der Waals surface area contributed by atoms with Crippen LogP contribution in [-0.4, -0.2) is 50.1 Å². The number of ether oxygens (including phenoxy) is 2. The molecule has 3 aliphatic rings. The Hall–Kier alpha value is -2.34. The molecule has 1 aromatic rings. The Labute approximate surface area is 165 Å². The average Bonchev–Trinajstić information content (AvgIpc) is 3.23. The fourth-order valence-electron chi connectivity index (χ4n) is 5.63. The summed E-state index contributed by atoms with van der Waals surface area (Å²) in [6.45, 7) is 3.93. The van der Waals surface area contributed by atoms with E-state index in [2.05, 4.69) is 23.2 Å². The molecule has 1 spiro atoms. The molecule has 2 fully saturated rings. The number of carbonyl (C=O) groups excluding carboxylic acids is 2. The molecule has 0 bridgehead atoms. The van der Waals surface area contributed by atoms with Gasteiger partial charge in [-0.05, 0) is 42.9 Å². The van der Waals surface area contributed by atoms with E-state index in [1.807, 2.05) is 18.2 Å². The third kappa shape index (κ3) is 2.65. The molecular weight excluding hydrogens is 356 g/mol. The minimum absolute atomic E-state index is 0.00851. The van der Waals surface area contributed by atoms with Crippen molar-refractivity contribution in [2.45, 2.75) is 37.6 Å². The highest BCUT2D eigenvalue weighted by Gasteiger charge is 2.60. The fourth-order valence-corrected chi connectivity index (χ4v) is 5.63. The van der Waals surface area contributed by atoms with E-state index in [4.69, 9.17) is 9.47 Å². The molecule has 1 N–H and O–H groups in total. The number of hydrogen-bond acceptors (Lipinski definition) is 5. The van der Waals surface area contributed by atoms with Crippen LogP contribution >= 0.6 is 0 Å². The van der Waals surface area contributed by atoms with E-state index >= 15 is 0 Å². The number of anilines is 1. The zero-order valence-electron chi connectivity index (χ0n) is 16.7. The summed E-state index contributed by atoms with van der Waals surface area (Å²) in [4.78, 5) is 28.1. The van der Waals surface area contributed by atoms with Crippen LogP contribution < -0.4 is 5.32 Å². The van der Waals surface area contributed by atoms with Crippen LogP contribution in [0.2, 0.25) is 0 Å². The smallest absolute Gasteiger partial charge is 0.337 e. The van der Waals surface area contributed by atoms with Gasteiger partial charge in [0.15, 0.2) is 0 Å². The van der Waals surface area contributed by atoms with Crippen LogP contribution in [0.25, 0.3) is 0 Å². The molecule has 2 unspecified atom stereocenters. The quantitative estimate of drug-likeness (QED) is 0.491. The Balaban J connectivity index is 1.74. The van der Waals surface area contributed by atoms with Crippen molar-refractivity contribution in [2.75, 3.05) is 32.6 Å². The number of hydrogen-bond donors (Lipinski definition) is 1. The standard InChI is InChI=1S/C22H28N2O4/c1-4-14-12-24-10-9-22(17-7-5-6-8-18(17)23-21(22)26)19(24)11-15(14)16(13-27-2)20(25)28-3/h5-8,13-15,19H,4,9-12H2,1-3H3,(H,23,26)/b16-13+/t14?,15?,19-,22+/m0/s1. The zero-order valence-corrected chi connectivity index (χ0v) is 16.7. The van der Waals surface area contributed by atoms with Gasteiger partial charge in [0, 0.05) is 18.3 Å². The van der Waals surface area contributed by atoms with E-state index in [9.17, 15) is 9.59 Å². The number of rotatable bonds is 4. The molecule has 0 aliphatic carbocycles. The molecule has 4 rings (SSSR count). The third-order valence-corrected chi connectivity index (χ3v) is 6.97. The predicted molar refractivity (Wildman–Crippen MR) is 106 cm³/mol. The first-order valence-electron chi connectivity index (χ1n) is 10.0. The monoisotopic (exact) mass is 384 g/mol. The van der Waals surface area contributed by atoms with Crippen molar-refractivity contribution in [1.82, 2.24) is 4.90 Å². The molecule has 0 saturated carbocycles. The lowest BCUT2D eigenvalue weighted by Crippen LogP contribution is -2.53. The number of amides is 1. The van der Waals surface area contributed by atoms with Gasteiger partial charge in [0.1, 0.15) is 0 Å². The number of methoxy groups -OCH3 is 2. The summed E-state index contributed by atoms with van der Waals surface area (Å²) in [6, 6.07) is 8.07. The highest BCUT2D eigenvalue weighted by molar-refractivity contribution is 6.07. The Morgan fingerprint density at radius 1 is 1.36 bits per heavy atom. The maximum absolute atomic E-state index is 13.2. The van der Waals surface area contributed by atoms with Gasteiger partial charge in [-0.2, -0.15) is 0 Å². The molecule has 1 amide bonds.